The van der Waals surface area contributed by atoms with E-state index >= 15 is 0 Å². The summed E-state index contributed by atoms with van der Waals surface area (Å²) in [5.74, 6) is 1.73. The summed E-state index contributed by atoms with van der Waals surface area (Å²) in [5, 5.41) is 15.7. The zero-order chi connectivity index (χ0) is 13.4. The van der Waals surface area contributed by atoms with Gasteiger partial charge in [-0.2, -0.15) is 16.9 Å². The minimum atomic E-state index is -0.0693. The maximum absolute atomic E-state index is 11.9. The third-order valence-electron chi connectivity index (χ3n) is 2.41. The number of rotatable bonds is 8. The summed E-state index contributed by atoms with van der Waals surface area (Å²) in [6, 6.07) is 1.80. The molecule has 1 heterocycles. The second kappa shape index (κ2) is 8.16. The Morgan fingerprint density at radius 2 is 2.33 bits per heavy atom. The van der Waals surface area contributed by atoms with Crippen LogP contribution < -0.4 is 5.32 Å². The first-order valence-electron chi connectivity index (χ1n) is 6.20. The van der Waals surface area contributed by atoms with Gasteiger partial charge in [-0.05, 0) is 32.1 Å². The van der Waals surface area contributed by atoms with Gasteiger partial charge in [0.2, 0.25) is 0 Å². The van der Waals surface area contributed by atoms with Crippen LogP contribution in [0.15, 0.2) is 6.07 Å². The molecule has 0 radical (unpaired) electrons. The summed E-state index contributed by atoms with van der Waals surface area (Å²) < 4.78 is 1.71. The Morgan fingerprint density at radius 3 is 3.00 bits per heavy atom. The van der Waals surface area contributed by atoms with Gasteiger partial charge < -0.3 is 10.4 Å². The Kier molecular flexibility index (Phi) is 6.82. The van der Waals surface area contributed by atoms with Crippen molar-refractivity contribution in [1.29, 1.82) is 0 Å². The summed E-state index contributed by atoms with van der Waals surface area (Å²) in [4.78, 5) is 11.9. The molecular formula is C12H21N3O2S. The minimum absolute atomic E-state index is 0.0693. The van der Waals surface area contributed by atoms with Gasteiger partial charge in [0.25, 0.3) is 5.91 Å². The average molecular weight is 271 g/mol. The Morgan fingerprint density at radius 1 is 1.56 bits per heavy atom. The third-order valence-corrected chi connectivity index (χ3v) is 3.48. The molecule has 2 N–H and O–H groups in total. The number of aromatic nitrogens is 2. The van der Waals surface area contributed by atoms with Crippen molar-refractivity contribution < 1.29 is 9.90 Å². The van der Waals surface area contributed by atoms with E-state index in [2.05, 4.69) is 10.4 Å². The van der Waals surface area contributed by atoms with E-state index in [9.17, 15) is 4.79 Å². The average Bonchev–Trinajstić information content (AvgIpc) is 2.74. The van der Waals surface area contributed by atoms with E-state index in [0.29, 0.717) is 18.8 Å². The molecule has 0 saturated heterocycles. The van der Waals surface area contributed by atoms with Gasteiger partial charge in [-0.3, -0.25) is 9.48 Å². The van der Waals surface area contributed by atoms with E-state index in [1.165, 1.54) is 0 Å². The highest BCUT2D eigenvalue weighted by atomic mass is 32.2. The molecule has 1 aromatic heterocycles. The SMILES string of the molecule is CCn1nc(C)cc1C(=O)NCCSCCCO. The summed E-state index contributed by atoms with van der Waals surface area (Å²) in [6.07, 6.45) is 0.806. The van der Waals surface area contributed by atoms with Gasteiger partial charge in [0.05, 0.1) is 5.69 Å². The molecule has 0 fully saturated rings. The lowest BCUT2D eigenvalue weighted by molar-refractivity contribution is 0.0945. The van der Waals surface area contributed by atoms with Gasteiger partial charge in [-0.15, -0.1) is 0 Å². The van der Waals surface area contributed by atoms with E-state index < -0.39 is 0 Å². The maximum atomic E-state index is 11.9. The summed E-state index contributed by atoms with van der Waals surface area (Å²) >= 11 is 1.73. The molecule has 5 nitrogen and oxygen atoms in total. The molecule has 0 bridgehead atoms. The Bertz CT molecular complexity index is 379. The van der Waals surface area contributed by atoms with E-state index in [4.69, 9.17) is 5.11 Å². The lowest BCUT2D eigenvalue weighted by Crippen LogP contribution is -2.28. The van der Waals surface area contributed by atoms with Crippen LogP contribution in [0.1, 0.15) is 29.5 Å². The number of aliphatic hydroxyl groups excluding tert-OH is 1. The maximum Gasteiger partial charge on any atom is 0.269 e. The van der Waals surface area contributed by atoms with Crippen molar-refractivity contribution >= 4 is 17.7 Å². The van der Waals surface area contributed by atoms with Crippen LogP contribution in [-0.2, 0) is 6.54 Å². The van der Waals surface area contributed by atoms with Gasteiger partial charge in [0.15, 0.2) is 0 Å². The Labute approximate surface area is 112 Å². The second-order valence-corrected chi connectivity index (χ2v) is 5.16. The van der Waals surface area contributed by atoms with E-state index in [1.54, 1.807) is 22.5 Å². The molecule has 0 spiro atoms. The predicted molar refractivity (Wildman–Crippen MR) is 74.0 cm³/mol. The lowest BCUT2D eigenvalue weighted by Gasteiger charge is -2.06. The molecule has 0 aromatic carbocycles. The van der Waals surface area contributed by atoms with E-state index in [1.807, 2.05) is 13.8 Å². The van der Waals surface area contributed by atoms with Gasteiger partial charge in [-0.25, -0.2) is 0 Å². The van der Waals surface area contributed by atoms with Gasteiger partial charge in [-0.1, -0.05) is 0 Å². The van der Waals surface area contributed by atoms with Crippen LogP contribution in [0.4, 0.5) is 0 Å². The molecule has 0 atom stereocenters. The highest BCUT2D eigenvalue weighted by Gasteiger charge is 2.11. The molecule has 0 saturated carbocycles. The third kappa shape index (κ3) is 4.70. The molecule has 1 amide bonds. The number of nitrogens with one attached hydrogen (secondary N) is 1. The van der Waals surface area contributed by atoms with Crippen molar-refractivity contribution in [3.05, 3.63) is 17.5 Å². The molecule has 0 aliphatic heterocycles. The van der Waals surface area contributed by atoms with Gasteiger partial charge in [0.1, 0.15) is 5.69 Å². The van der Waals surface area contributed by atoms with Crippen molar-refractivity contribution in [2.24, 2.45) is 0 Å². The summed E-state index contributed by atoms with van der Waals surface area (Å²) in [5.41, 5.74) is 1.48. The van der Waals surface area contributed by atoms with Crippen molar-refractivity contribution in [2.75, 3.05) is 24.7 Å². The van der Waals surface area contributed by atoms with Crippen LogP contribution in [-0.4, -0.2) is 45.5 Å². The number of nitrogens with zero attached hydrogens (tertiary/aromatic N) is 2. The van der Waals surface area contributed by atoms with Crippen molar-refractivity contribution in [2.45, 2.75) is 26.8 Å². The molecule has 0 unspecified atom stereocenters. The zero-order valence-corrected chi connectivity index (χ0v) is 11.8. The Balaban J connectivity index is 2.32. The molecular weight excluding hydrogens is 250 g/mol. The first kappa shape index (κ1) is 15.0. The molecule has 6 heteroatoms. The first-order valence-corrected chi connectivity index (χ1v) is 7.35. The Hall–Kier alpha value is -1.01. The fourth-order valence-corrected chi connectivity index (χ4v) is 2.35. The molecule has 1 aromatic rings. The normalized spacial score (nSPS) is 10.6. The second-order valence-electron chi connectivity index (χ2n) is 3.93. The summed E-state index contributed by atoms with van der Waals surface area (Å²) in [7, 11) is 0. The van der Waals surface area contributed by atoms with Crippen molar-refractivity contribution in [3.8, 4) is 0 Å². The molecule has 1 rings (SSSR count). The molecule has 18 heavy (non-hydrogen) atoms. The van der Waals surface area contributed by atoms with Crippen LogP contribution in [0, 0.1) is 6.92 Å². The highest BCUT2D eigenvalue weighted by molar-refractivity contribution is 7.99. The van der Waals surface area contributed by atoms with Gasteiger partial charge >= 0.3 is 0 Å². The van der Waals surface area contributed by atoms with Crippen LogP contribution in [0.3, 0.4) is 0 Å². The zero-order valence-electron chi connectivity index (χ0n) is 11.0. The van der Waals surface area contributed by atoms with E-state index in [0.717, 1.165) is 23.6 Å². The first-order chi connectivity index (χ1) is 8.69. The van der Waals surface area contributed by atoms with Crippen LogP contribution in [0.2, 0.25) is 0 Å². The topological polar surface area (TPSA) is 67.2 Å². The number of amides is 1. The monoisotopic (exact) mass is 271 g/mol. The number of hydrogen-bond acceptors (Lipinski definition) is 4. The minimum Gasteiger partial charge on any atom is -0.396 e. The van der Waals surface area contributed by atoms with Crippen molar-refractivity contribution in [3.63, 3.8) is 0 Å². The number of hydrogen-bond donors (Lipinski definition) is 2. The highest BCUT2D eigenvalue weighted by Crippen LogP contribution is 2.04. The number of aliphatic hydroxyl groups is 1. The predicted octanol–water partition coefficient (Wildman–Crippen LogP) is 1.06. The number of carbonyl (C=O) groups excluding carboxylic acids is 1. The van der Waals surface area contributed by atoms with Crippen molar-refractivity contribution in [1.82, 2.24) is 15.1 Å². The largest absolute Gasteiger partial charge is 0.396 e. The number of carbonyl (C=O) groups is 1. The quantitative estimate of drug-likeness (QED) is 0.694. The van der Waals surface area contributed by atoms with Crippen LogP contribution >= 0.6 is 11.8 Å². The van der Waals surface area contributed by atoms with Gasteiger partial charge in [0, 0.05) is 25.4 Å². The molecule has 0 aliphatic rings. The van der Waals surface area contributed by atoms with Crippen LogP contribution in [0.25, 0.3) is 0 Å². The fourth-order valence-electron chi connectivity index (χ4n) is 1.57. The summed E-state index contributed by atoms with van der Waals surface area (Å²) in [6.45, 7) is 5.42. The number of thioether (sulfide) groups is 1. The number of aryl methyl sites for hydroxylation is 2. The lowest BCUT2D eigenvalue weighted by atomic mass is 10.3. The van der Waals surface area contributed by atoms with E-state index in [-0.39, 0.29) is 12.5 Å². The van der Waals surface area contributed by atoms with Crippen LogP contribution in [0.5, 0.6) is 0 Å². The standard InChI is InChI=1S/C12H21N3O2S/c1-3-15-11(9-10(2)14-15)12(17)13-5-8-18-7-4-6-16/h9,16H,3-8H2,1-2H3,(H,13,17). The smallest absolute Gasteiger partial charge is 0.269 e. The molecule has 0 aliphatic carbocycles. The molecule has 102 valence electrons. The fraction of sp³-hybridized carbons (Fsp3) is 0.667.